The molecule has 0 aliphatic rings. The van der Waals surface area contributed by atoms with Crippen molar-refractivity contribution < 1.29 is 14.3 Å². The van der Waals surface area contributed by atoms with Crippen LogP contribution in [0.5, 0.6) is 5.88 Å². The number of aromatic nitrogens is 3. The predicted molar refractivity (Wildman–Crippen MR) is 88.5 cm³/mol. The predicted octanol–water partition coefficient (Wildman–Crippen LogP) is 1.24. The standard InChI is InChI=1S/C16H21N5O3/c1-4-24-16-13(10(2)5-6-18-16)15(22)20-8-11-7-19-12(9-23-3)21-14(11)17/h5-7H,4,8-9H2,1-3H3,(H,20,22)(H2,17,19,21). The van der Waals surface area contributed by atoms with E-state index in [1.54, 1.807) is 25.6 Å². The van der Waals surface area contributed by atoms with Crippen LogP contribution >= 0.6 is 0 Å². The number of rotatable bonds is 7. The Morgan fingerprint density at radius 1 is 1.38 bits per heavy atom. The van der Waals surface area contributed by atoms with Gasteiger partial charge >= 0.3 is 0 Å². The van der Waals surface area contributed by atoms with Crippen LogP contribution < -0.4 is 15.8 Å². The van der Waals surface area contributed by atoms with E-state index in [4.69, 9.17) is 15.2 Å². The summed E-state index contributed by atoms with van der Waals surface area (Å²) in [4.78, 5) is 24.9. The minimum atomic E-state index is -0.288. The van der Waals surface area contributed by atoms with E-state index in [9.17, 15) is 4.79 Å². The lowest BCUT2D eigenvalue weighted by atomic mass is 10.1. The van der Waals surface area contributed by atoms with Gasteiger partial charge in [0.25, 0.3) is 5.91 Å². The second-order valence-corrected chi connectivity index (χ2v) is 5.05. The second-order valence-electron chi connectivity index (χ2n) is 5.05. The van der Waals surface area contributed by atoms with Crippen LogP contribution in [0.15, 0.2) is 18.5 Å². The molecule has 2 aromatic rings. The highest BCUT2D eigenvalue weighted by Crippen LogP contribution is 2.19. The van der Waals surface area contributed by atoms with Crippen molar-refractivity contribution in [2.75, 3.05) is 19.5 Å². The van der Waals surface area contributed by atoms with Crippen LogP contribution in [0.2, 0.25) is 0 Å². The quantitative estimate of drug-likeness (QED) is 0.785. The van der Waals surface area contributed by atoms with Crippen LogP contribution in [0.1, 0.15) is 34.2 Å². The average molecular weight is 331 g/mol. The summed E-state index contributed by atoms with van der Waals surface area (Å²) in [6.45, 7) is 4.58. The molecule has 0 saturated heterocycles. The Balaban J connectivity index is 2.11. The maximum Gasteiger partial charge on any atom is 0.257 e. The highest BCUT2D eigenvalue weighted by atomic mass is 16.5. The van der Waals surface area contributed by atoms with Crippen LogP contribution in [0.25, 0.3) is 0 Å². The first-order valence-corrected chi connectivity index (χ1v) is 7.52. The van der Waals surface area contributed by atoms with Gasteiger partial charge in [0.05, 0.1) is 6.61 Å². The van der Waals surface area contributed by atoms with Crippen LogP contribution in [0.3, 0.4) is 0 Å². The minimum absolute atomic E-state index is 0.206. The van der Waals surface area contributed by atoms with Gasteiger partial charge in [0, 0.05) is 31.6 Å². The molecule has 1 amide bonds. The van der Waals surface area contributed by atoms with E-state index in [0.717, 1.165) is 5.56 Å². The third kappa shape index (κ3) is 4.17. The van der Waals surface area contributed by atoms with Gasteiger partial charge in [0.1, 0.15) is 18.0 Å². The van der Waals surface area contributed by atoms with E-state index < -0.39 is 0 Å². The van der Waals surface area contributed by atoms with Crippen molar-refractivity contribution in [3.8, 4) is 5.88 Å². The van der Waals surface area contributed by atoms with Crippen molar-refractivity contribution in [3.63, 3.8) is 0 Å². The topological polar surface area (TPSA) is 112 Å². The van der Waals surface area contributed by atoms with Crippen molar-refractivity contribution >= 4 is 11.7 Å². The molecule has 0 aromatic carbocycles. The number of nitrogens with zero attached hydrogens (tertiary/aromatic N) is 3. The first-order chi connectivity index (χ1) is 11.6. The molecular weight excluding hydrogens is 310 g/mol. The maximum absolute atomic E-state index is 12.5. The molecule has 2 aromatic heterocycles. The number of hydrogen-bond donors (Lipinski definition) is 2. The Hall–Kier alpha value is -2.74. The molecule has 8 nitrogen and oxygen atoms in total. The Kier molecular flexibility index (Phi) is 6.02. The number of nitrogens with two attached hydrogens (primary N) is 1. The number of carbonyl (C=O) groups excluding carboxylic acids is 1. The van der Waals surface area contributed by atoms with Crippen molar-refractivity contribution in [1.29, 1.82) is 0 Å². The molecule has 2 heterocycles. The van der Waals surface area contributed by atoms with E-state index in [1.807, 2.05) is 13.8 Å². The van der Waals surface area contributed by atoms with E-state index in [1.165, 1.54) is 0 Å². The van der Waals surface area contributed by atoms with Gasteiger partial charge in [0.15, 0.2) is 5.82 Å². The molecule has 0 radical (unpaired) electrons. The lowest BCUT2D eigenvalue weighted by Crippen LogP contribution is -2.25. The minimum Gasteiger partial charge on any atom is -0.477 e. The third-order valence-corrected chi connectivity index (χ3v) is 3.29. The Morgan fingerprint density at radius 3 is 2.83 bits per heavy atom. The monoisotopic (exact) mass is 331 g/mol. The van der Waals surface area contributed by atoms with Crippen LogP contribution in [-0.4, -0.2) is 34.6 Å². The van der Waals surface area contributed by atoms with Crippen molar-refractivity contribution in [2.24, 2.45) is 0 Å². The number of amides is 1. The highest BCUT2D eigenvalue weighted by Gasteiger charge is 2.17. The summed E-state index contributed by atoms with van der Waals surface area (Å²) in [6, 6.07) is 1.76. The van der Waals surface area contributed by atoms with Crippen LogP contribution in [-0.2, 0) is 17.9 Å². The lowest BCUT2D eigenvalue weighted by molar-refractivity contribution is 0.0945. The number of nitrogens with one attached hydrogen (secondary N) is 1. The summed E-state index contributed by atoms with van der Waals surface area (Å²) in [6.07, 6.45) is 3.19. The lowest BCUT2D eigenvalue weighted by Gasteiger charge is -2.12. The van der Waals surface area contributed by atoms with Crippen molar-refractivity contribution in [2.45, 2.75) is 27.0 Å². The van der Waals surface area contributed by atoms with Gasteiger partial charge in [-0.25, -0.2) is 15.0 Å². The summed E-state index contributed by atoms with van der Waals surface area (Å²) in [5.74, 6) is 0.830. The van der Waals surface area contributed by atoms with Gasteiger partial charge in [-0.1, -0.05) is 0 Å². The van der Waals surface area contributed by atoms with Crippen LogP contribution in [0.4, 0.5) is 5.82 Å². The SMILES string of the molecule is CCOc1nccc(C)c1C(=O)NCc1cnc(COC)nc1N. The molecular formula is C16H21N5O3. The zero-order chi connectivity index (χ0) is 17.5. The van der Waals surface area contributed by atoms with Gasteiger partial charge in [-0.3, -0.25) is 4.79 Å². The van der Waals surface area contributed by atoms with E-state index in [0.29, 0.717) is 35.3 Å². The van der Waals surface area contributed by atoms with Gasteiger partial charge in [0.2, 0.25) is 5.88 Å². The van der Waals surface area contributed by atoms with E-state index in [2.05, 4.69) is 20.3 Å². The second kappa shape index (κ2) is 8.21. The summed E-state index contributed by atoms with van der Waals surface area (Å²) in [5, 5.41) is 2.80. The number of hydrogen-bond acceptors (Lipinski definition) is 7. The third-order valence-electron chi connectivity index (χ3n) is 3.29. The normalized spacial score (nSPS) is 10.5. The Bertz CT molecular complexity index is 721. The van der Waals surface area contributed by atoms with Gasteiger partial charge in [-0.15, -0.1) is 0 Å². The molecule has 0 spiro atoms. The van der Waals surface area contributed by atoms with Gasteiger partial charge in [-0.2, -0.15) is 0 Å². The maximum atomic E-state index is 12.5. The average Bonchev–Trinajstić information content (AvgIpc) is 2.54. The van der Waals surface area contributed by atoms with Gasteiger partial charge in [-0.05, 0) is 25.5 Å². The summed E-state index contributed by atoms with van der Waals surface area (Å²) in [5.41, 5.74) is 7.71. The smallest absolute Gasteiger partial charge is 0.257 e. The largest absolute Gasteiger partial charge is 0.477 e. The Labute approximate surface area is 140 Å². The zero-order valence-corrected chi connectivity index (χ0v) is 14.0. The molecule has 0 saturated carbocycles. The van der Waals surface area contributed by atoms with E-state index in [-0.39, 0.29) is 19.1 Å². The first-order valence-electron chi connectivity index (χ1n) is 7.52. The molecule has 3 N–H and O–H groups in total. The number of methoxy groups -OCH3 is 1. The molecule has 2 rings (SSSR count). The molecule has 0 bridgehead atoms. The first kappa shape index (κ1) is 17.6. The number of nitrogen functional groups attached to an aromatic ring is 1. The molecule has 24 heavy (non-hydrogen) atoms. The fourth-order valence-electron chi connectivity index (χ4n) is 2.11. The number of carbonyl (C=O) groups is 1. The zero-order valence-electron chi connectivity index (χ0n) is 14.0. The number of aryl methyl sites for hydroxylation is 1. The molecule has 0 aliphatic carbocycles. The van der Waals surface area contributed by atoms with Crippen LogP contribution in [0, 0.1) is 6.92 Å². The molecule has 8 heteroatoms. The molecule has 128 valence electrons. The fourth-order valence-corrected chi connectivity index (χ4v) is 2.11. The molecule has 0 unspecified atom stereocenters. The molecule has 0 aliphatic heterocycles. The van der Waals surface area contributed by atoms with E-state index >= 15 is 0 Å². The Morgan fingerprint density at radius 2 is 2.17 bits per heavy atom. The number of pyridine rings is 1. The molecule has 0 atom stereocenters. The molecule has 0 fully saturated rings. The summed E-state index contributed by atoms with van der Waals surface area (Å²) < 4.78 is 10.4. The summed E-state index contributed by atoms with van der Waals surface area (Å²) in [7, 11) is 1.56. The summed E-state index contributed by atoms with van der Waals surface area (Å²) >= 11 is 0. The van der Waals surface area contributed by atoms with Crippen molar-refractivity contribution in [3.05, 3.63) is 41.0 Å². The van der Waals surface area contributed by atoms with Crippen molar-refractivity contribution in [1.82, 2.24) is 20.3 Å². The number of ether oxygens (including phenoxy) is 2. The fraction of sp³-hybridized carbons (Fsp3) is 0.375. The van der Waals surface area contributed by atoms with Gasteiger partial charge < -0.3 is 20.5 Å². The number of anilines is 1. The highest BCUT2D eigenvalue weighted by molar-refractivity contribution is 5.97.